The van der Waals surface area contributed by atoms with Crippen LogP contribution in [0.25, 0.3) is 11.0 Å². The third kappa shape index (κ3) is 4.35. The second-order valence-corrected chi connectivity index (χ2v) is 10.2. The van der Waals surface area contributed by atoms with Crippen LogP contribution in [0.4, 0.5) is 0 Å². The van der Waals surface area contributed by atoms with E-state index in [1.54, 1.807) is 17.0 Å². The van der Waals surface area contributed by atoms with E-state index in [2.05, 4.69) is 9.97 Å². The minimum Gasteiger partial charge on any atom is -0.335 e. The van der Waals surface area contributed by atoms with Crippen molar-refractivity contribution in [3.8, 4) is 0 Å². The van der Waals surface area contributed by atoms with E-state index in [-0.39, 0.29) is 35.2 Å². The number of imidazole rings is 1. The van der Waals surface area contributed by atoms with Crippen LogP contribution in [-0.2, 0) is 14.6 Å². The number of nitrogens with zero attached hydrogens (tertiary/aromatic N) is 2. The van der Waals surface area contributed by atoms with Crippen molar-refractivity contribution in [2.75, 3.05) is 17.3 Å². The number of hydrogen-bond donors (Lipinski definition) is 1. The summed E-state index contributed by atoms with van der Waals surface area (Å²) in [6.07, 6.45) is 1.31. The number of aromatic nitrogens is 2. The van der Waals surface area contributed by atoms with Crippen molar-refractivity contribution in [3.05, 3.63) is 23.2 Å². The van der Waals surface area contributed by atoms with Gasteiger partial charge in [0.25, 0.3) is 0 Å². The fourth-order valence-corrected chi connectivity index (χ4v) is 5.87. The van der Waals surface area contributed by atoms with Crippen molar-refractivity contribution < 1.29 is 13.2 Å². The second-order valence-electron chi connectivity index (χ2n) is 6.61. The zero-order chi connectivity index (χ0) is 18.9. The molecule has 0 radical (unpaired) electrons. The number of H-pyrrole nitrogens is 1. The van der Waals surface area contributed by atoms with E-state index in [1.807, 2.05) is 19.9 Å². The summed E-state index contributed by atoms with van der Waals surface area (Å²) in [6, 6.07) is 5.18. The number of sulfone groups is 1. The molecule has 0 spiro atoms. The number of fused-ring (bicyclic) bond motifs is 1. The van der Waals surface area contributed by atoms with E-state index in [0.29, 0.717) is 16.6 Å². The number of benzene rings is 1. The third-order valence-electron chi connectivity index (χ3n) is 4.71. The monoisotopic (exact) mass is 415 g/mol. The van der Waals surface area contributed by atoms with Crippen LogP contribution < -0.4 is 0 Å². The molecule has 1 fully saturated rings. The molecule has 6 nitrogen and oxygen atoms in total. The Morgan fingerprint density at radius 1 is 1.50 bits per heavy atom. The Morgan fingerprint density at radius 3 is 2.92 bits per heavy atom. The molecule has 1 N–H and O–H groups in total. The Labute approximate surface area is 162 Å². The molecule has 1 aromatic heterocycles. The van der Waals surface area contributed by atoms with Gasteiger partial charge in [-0.1, -0.05) is 30.3 Å². The predicted molar refractivity (Wildman–Crippen MR) is 105 cm³/mol. The maximum atomic E-state index is 12.8. The summed E-state index contributed by atoms with van der Waals surface area (Å²) in [5.74, 6) is 0.394. The van der Waals surface area contributed by atoms with E-state index in [9.17, 15) is 13.2 Å². The molecular formula is C17H22ClN3O3S2. The van der Waals surface area contributed by atoms with Crippen LogP contribution >= 0.6 is 23.4 Å². The minimum absolute atomic E-state index is 0.0101. The SMILES string of the molecule is CC[C@@H](C)N(C(=O)CSc1nc2ccc(Cl)cc2[nH]1)[C@H]1CCS(=O)(=O)C1. The highest BCUT2D eigenvalue weighted by molar-refractivity contribution is 7.99. The number of halogens is 1. The molecule has 1 aliphatic rings. The smallest absolute Gasteiger partial charge is 0.233 e. The maximum Gasteiger partial charge on any atom is 0.233 e. The van der Waals surface area contributed by atoms with E-state index in [0.717, 1.165) is 17.5 Å². The molecule has 3 rings (SSSR count). The molecule has 1 amide bonds. The lowest BCUT2D eigenvalue weighted by atomic mass is 10.1. The number of thioether (sulfide) groups is 1. The lowest BCUT2D eigenvalue weighted by Crippen LogP contribution is -2.47. The average Bonchev–Trinajstić information content (AvgIpc) is 3.15. The van der Waals surface area contributed by atoms with Gasteiger partial charge in [0.15, 0.2) is 15.0 Å². The van der Waals surface area contributed by atoms with Gasteiger partial charge >= 0.3 is 0 Å². The van der Waals surface area contributed by atoms with Crippen molar-refractivity contribution in [1.82, 2.24) is 14.9 Å². The lowest BCUT2D eigenvalue weighted by molar-refractivity contribution is -0.132. The quantitative estimate of drug-likeness (QED) is 0.733. The van der Waals surface area contributed by atoms with Gasteiger partial charge in [-0.05, 0) is 38.0 Å². The van der Waals surface area contributed by atoms with Crippen LogP contribution in [-0.4, -0.2) is 58.5 Å². The zero-order valence-electron chi connectivity index (χ0n) is 14.7. The first-order chi connectivity index (χ1) is 12.3. The Hall–Kier alpha value is -1.25. The molecule has 1 saturated heterocycles. The van der Waals surface area contributed by atoms with Crippen molar-refractivity contribution >= 4 is 50.1 Å². The molecule has 9 heteroatoms. The van der Waals surface area contributed by atoms with E-state index in [1.165, 1.54) is 11.8 Å². The normalized spacial score (nSPS) is 20.3. The molecule has 1 aromatic carbocycles. The predicted octanol–water partition coefficient (Wildman–Crippen LogP) is 3.12. The Morgan fingerprint density at radius 2 is 2.27 bits per heavy atom. The number of aromatic amines is 1. The third-order valence-corrected chi connectivity index (χ3v) is 7.55. The summed E-state index contributed by atoms with van der Waals surface area (Å²) < 4.78 is 23.6. The van der Waals surface area contributed by atoms with Crippen LogP contribution in [0.3, 0.4) is 0 Å². The fraction of sp³-hybridized carbons (Fsp3) is 0.529. The zero-order valence-corrected chi connectivity index (χ0v) is 17.1. The summed E-state index contributed by atoms with van der Waals surface area (Å²) in [5, 5.41) is 1.28. The van der Waals surface area contributed by atoms with Gasteiger partial charge in [-0.15, -0.1) is 0 Å². The summed E-state index contributed by atoms with van der Waals surface area (Å²) >= 11 is 7.30. The van der Waals surface area contributed by atoms with Crippen molar-refractivity contribution in [2.45, 2.75) is 43.9 Å². The lowest BCUT2D eigenvalue weighted by Gasteiger charge is -2.33. The molecule has 0 aliphatic carbocycles. The van der Waals surface area contributed by atoms with Crippen LogP contribution in [0.1, 0.15) is 26.7 Å². The maximum absolute atomic E-state index is 12.8. The summed E-state index contributed by atoms with van der Waals surface area (Å²) in [6.45, 7) is 3.97. The Kier molecular flexibility index (Phi) is 5.84. The molecule has 0 bridgehead atoms. The highest BCUT2D eigenvalue weighted by atomic mass is 35.5. The highest BCUT2D eigenvalue weighted by Crippen LogP contribution is 2.25. The first kappa shape index (κ1) is 19.5. The number of carbonyl (C=O) groups is 1. The number of nitrogens with one attached hydrogen (secondary N) is 1. The molecule has 0 unspecified atom stereocenters. The largest absolute Gasteiger partial charge is 0.335 e. The molecule has 26 heavy (non-hydrogen) atoms. The van der Waals surface area contributed by atoms with E-state index in [4.69, 9.17) is 11.6 Å². The van der Waals surface area contributed by atoms with Crippen LogP contribution in [0.15, 0.2) is 23.4 Å². The number of hydrogen-bond acceptors (Lipinski definition) is 5. The second kappa shape index (κ2) is 7.78. The van der Waals surface area contributed by atoms with Gasteiger partial charge in [0.05, 0.1) is 28.3 Å². The molecule has 0 saturated carbocycles. The van der Waals surface area contributed by atoms with E-state index < -0.39 is 9.84 Å². The topological polar surface area (TPSA) is 83.1 Å². The molecule has 2 aromatic rings. The molecule has 1 aliphatic heterocycles. The van der Waals surface area contributed by atoms with Crippen molar-refractivity contribution in [3.63, 3.8) is 0 Å². The van der Waals surface area contributed by atoms with Gasteiger partial charge in [0, 0.05) is 17.1 Å². The minimum atomic E-state index is -3.04. The first-order valence-corrected chi connectivity index (χ1v) is 11.8. The van der Waals surface area contributed by atoms with Gasteiger partial charge in [-0.3, -0.25) is 4.79 Å². The van der Waals surface area contributed by atoms with Crippen LogP contribution in [0.2, 0.25) is 5.02 Å². The Bertz CT molecular complexity index is 913. The summed E-state index contributed by atoms with van der Waals surface area (Å²) in [5.41, 5.74) is 1.62. The number of rotatable bonds is 6. The summed E-state index contributed by atoms with van der Waals surface area (Å²) in [4.78, 5) is 22.2. The molecule has 2 atom stereocenters. The van der Waals surface area contributed by atoms with Gasteiger partial charge < -0.3 is 9.88 Å². The van der Waals surface area contributed by atoms with Crippen LogP contribution in [0.5, 0.6) is 0 Å². The standard InChI is InChI=1S/C17H22ClN3O3S2/c1-3-11(2)21(13-6-7-26(23,24)10-13)16(22)9-25-17-19-14-5-4-12(18)8-15(14)20-17/h4-5,8,11,13H,3,6-7,9-10H2,1-2H3,(H,19,20)/t11-,13+/m1/s1. The number of amides is 1. The van der Waals surface area contributed by atoms with Crippen LogP contribution in [0, 0.1) is 0 Å². The first-order valence-electron chi connectivity index (χ1n) is 8.58. The summed E-state index contributed by atoms with van der Waals surface area (Å²) in [7, 11) is -3.04. The van der Waals surface area contributed by atoms with Gasteiger partial charge in [-0.2, -0.15) is 0 Å². The van der Waals surface area contributed by atoms with Gasteiger partial charge in [0.2, 0.25) is 5.91 Å². The van der Waals surface area contributed by atoms with Crippen molar-refractivity contribution in [1.29, 1.82) is 0 Å². The Balaban J connectivity index is 1.70. The molecule has 2 heterocycles. The van der Waals surface area contributed by atoms with Crippen molar-refractivity contribution in [2.24, 2.45) is 0 Å². The molecule has 142 valence electrons. The van der Waals surface area contributed by atoms with E-state index >= 15 is 0 Å². The fourth-order valence-electron chi connectivity index (χ4n) is 3.23. The van der Waals surface area contributed by atoms with Gasteiger partial charge in [-0.25, -0.2) is 13.4 Å². The number of carbonyl (C=O) groups excluding carboxylic acids is 1. The van der Waals surface area contributed by atoms with Gasteiger partial charge in [0.1, 0.15) is 0 Å². The highest BCUT2D eigenvalue weighted by Gasteiger charge is 2.36. The molecular weight excluding hydrogens is 394 g/mol. The average molecular weight is 416 g/mol.